The van der Waals surface area contributed by atoms with E-state index in [-0.39, 0.29) is 23.4 Å². The maximum Gasteiger partial charge on any atom is 0.0653 e. The van der Waals surface area contributed by atoms with Crippen LogP contribution < -0.4 is 0 Å². The van der Waals surface area contributed by atoms with Gasteiger partial charge in [-0.15, -0.1) is 0 Å². The van der Waals surface area contributed by atoms with Crippen LogP contribution in [0.15, 0.2) is 24.8 Å². The first-order valence-corrected chi connectivity index (χ1v) is 8.83. The fourth-order valence-corrected chi connectivity index (χ4v) is 5.70. The molecule has 5 unspecified atom stereocenters. The van der Waals surface area contributed by atoms with Crippen LogP contribution in [0.3, 0.4) is 0 Å². The van der Waals surface area contributed by atoms with Crippen LogP contribution in [0.1, 0.15) is 65.7 Å². The normalized spacial score (nSPS) is 45.1. The highest BCUT2D eigenvalue weighted by molar-refractivity contribution is 5.13. The molecule has 0 aliphatic heterocycles. The van der Waals surface area contributed by atoms with Gasteiger partial charge >= 0.3 is 0 Å². The second kappa shape index (κ2) is 6.13. The third-order valence-electron chi connectivity index (χ3n) is 6.99. The minimum atomic E-state index is -0.611. The number of aliphatic hydroxyl groups is 2. The van der Waals surface area contributed by atoms with Crippen LogP contribution in [0.5, 0.6) is 0 Å². The van der Waals surface area contributed by atoms with Crippen LogP contribution >= 0.6 is 0 Å². The second-order valence-corrected chi connectivity index (χ2v) is 8.57. The molecule has 2 N–H and O–H groups in total. The van der Waals surface area contributed by atoms with Crippen molar-refractivity contribution >= 4 is 0 Å². The molecule has 126 valence electrons. The van der Waals surface area contributed by atoms with Crippen molar-refractivity contribution in [3.8, 4) is 0 Å². The molecule has 2 saturated carbocycles. The van der Waals surface area contributed by atoms with Gasteiger partial charge in [0.25, 0.3) is 0 Å². The number of hydrogen-bond acceptors (Lipinski definition) is 2. The molecule has 22 heavy (non-hydrogen) atoms. The maximum absolute atomic E-state index is 11.0. The van der Waals surface area contributed by atoms with Crippen LogP contribution in [0, 0.1) is 22.7 Å². The van der Waals surface area contributed by atoms with Crippen LogP contribution in [-0.2, 0) is 0 Å². The molecule has 0 spiro atoms. The molecule has 0 aromatic rings. The minimum absolute atomic E-state index is 0.0111. The van der Waals surface area contributed by atoms with Gasteiger partial charge < -0.3 is 10.2 Å². The van der Waals surface area contributed by atoms with E-state index in [1.807, 2.05) is 13.0 Å². The van der Waals surface area contributed by atoms with Crippen molar-refractivity contribution in [1.82, 2.24) is 0 Å². The van der Waals surface area contributed by atoms with Crippen molar-refractivity contribution in [1.29, 1.82) is 0 Å². The smallest absolute Gasteiger partial charge is 0.0653 e. The summed E-state index contributed by atoms with van der Waals surface area (Å²) in [6, 6.07) is 0. The van der Waals surface area contributed by atoms with Gasteiger partial charge in [-0.25, -0.2) is 0 Å². The Morgan fingerprint density at radius 3 is 2.50 bits per heavy atom. The summed E-state index contributed by atoms with van der Waals surface area (Å²) in [6.07, 6.45) is 8.99. The Morgan fingerprint density at radius 1 is 1.23 bits per heavy atom. The number of fused-ring (bicyclic) bond motifs is 1. The summed E-state index contributed by atoms with van der Waals surface area (Å²) < 4.78 is 0. The van der Waals surface area contributed by atoms with Crippen LogP contribution in [0.2, 0.25) is 0 Å². The topological polar surface area (TPSA) is 40.5 Å². The van der Waals surface area contributed by atoms with Crippen molar-refractivity contribution in [3.05, 3.63) is 24.8 Å². The first-order chi connectivity index (χ1) is 10.2. The zero-order valence-corrected chi connectivity index (χ0v) is 14.7. The molecule has 0 amide bonds. The lowest BCUT2D eigenvalue weighted by molar-refractivity contribution is -0.179. The summed E-state index contributed by atoms with van der Waals surface area (Å²) in [5, 5.41) is 21.0. The molecule has 5 atom stereocenters. The first-order valence-electron chi connectivity index (χ1n) is 8.83. The summed E-state index contributed by atoms with van der Waals surface area (Å²) in [4.78, 5) is 0. The SMILES string of the molecule is C=CC(=C)CCC1C(C)(O)CCC2C(C)(CO)CCCC12C. The molecule has 0 heterocycles. The summed E-state index contributed by atoms with van der Waals surface area (Å²) in [7, 11) is 0. The lowest BCUT2D eigenvalue weighted by atomic mass is 9.45. The van der Waals surface area contributed by atoms with Crippen molar-refractivity contribution < 1.29 is 10.2 Å². The van der Waals surface area contributed by atoms with Gasteiger partial charge in [0.2, 0.25) is 0 Å². The largest absolute Gasteiger partial charge is 0.396 e. The predicted molar refractivity (Wildman–Crippen MR) is 92.6 cm³/mol. The molecule has 2 fully saturated rings. The molecular formula is C20H34O2. The second-order valence-electron chi connectivity index (χ2n) is 8.57. The van der Waals surface area contributed by atoms with Gasteiger partial charge in [-0.3, -0.25) is 0 Å². The summed E-state index contributed by atoms with van der Waals surface area (Å²) in [5.74, 6) is 0.766. The molecule has 0 radical (unpaired) electrons. The zero-order valence-electron chi connectivity index (χ0n) is 14.7. The van der Waals surface area contributed by atoms with E-state index in [0.29, 0.717) is 5.92 Å². The Morgan fingerprint density at radius 2 is 1.91 bits per heavy atom. The van der Waals surface area contributed by atoms with Crippen molar-refractivity contribution in [2.45, 2.75) is 71.3 Å². The third kappa shape index (κ3) is 2.92. The highest BCUT2D eigenvalue weighted by Crippen LogP contribution is 2.62. The first kappa shape index (κ1) is 17.7. The van der Waals surface area contributed by atoms with Gasteiger partial charge in [0.1, 0.15) is 0 Å². The molecule has 0 saturated heterocycles. The van der Waals surface area contributed by atoms with Crippen LogP contribution in [0.4, 0.5) is 0 Å². The van der Waals surface area contributed by atoms with Crippen molar-refractivity contribution in [2.75, 3.05) is 6.61 Å². The Hall–Kier alpha value is -0.600. The van der Waals surface area contributed by atoms with Gasteiger partial charge in [0.05, 0.1) is 5.60 Å². The number of rotatable bonds is 5. The van der Waals surface area contributed by atoms with Gasteiger partial charge in [0, 0.05) is 6.61 Å². The van der Waals surface area contributed by atoms with E-state index in [9.17, 15) is 10.2 Å². The van der Waals surface area contributed by atoms with Gasteiger partial charge in [-0.2, -0.15) is 0 Å². The summed E-state index contributed by atoms with van der Waals surface area (Å²) >= 11 is 0. The highest BCUT2D eigenvalue weighted by atomic mass is 16.3. The van der Waals surface area contributed by atoms with E-state index in [2.05, 4.69) is 27.0 Å². The summed E-state index contributed by atoms with van der Waals surface area (Å²) in [5.41, 5.74) is 0.568. The molecular weight excluding hydrogens is 272 g/mol. The fraction of sp³-hybridized carbons (Fsp3) is 0.800. The highest BCUT2D eigenvalue weighted by Gasteiger charge is 2.58. The van der Waals surface area contributed by atoms with E-state index >= 15 is 0 Å². The Kier molecular flexibility index (Phi) is 4.94. The fourth-order valence-electron chi connectivity index (χ4n) is 5.70. The number of aliphatic hydroxyl groups excluding tert-OH is 1. The van der Waals surface area contributed by atoms with E-state index in [1.54, 1.807) is 0 Å². The van der Waals surface area contributed by atoms with Gasteiger partial charge in [-0.05, 0) is 68.1 Å². The maximum atomic E-state index is 11.0. The molecule has 0 bridgehead atoms. The molecule has 2 aliphatic carbocycles. The Labute approximate surface area is 136 Å². The van der Waals surface area contributed by atoms with E-state index in [4.69, 9.17) is 0 Å². The quantitative estimate of drug-likeness (QED) is 0.735. The molecule has 2 rings (SSSR count). The molecule has 2 nitrogen and oxygen atoms in total. The van der Waals surface area contributed by atoms with Crippen molar-refractivity contribution in [3.63, 3.8) is 0 Å². The average molecular weight is 306 g/mol. The molecule has 0 aromatic carbocycles. The number of allylic oxidation sites excluding steroid dienone is 2. The van der Waals surface area contributed by atoms with Gasteiger partial charge in [0.15, 0.2) is 0 Å². The molecule has 2 aliphatic rings. The van der Waals surface area contributed by atoms with Gasteiger partial charge in [-0.1, -0.05) is 45.1 Å². The van der Waals surface area contributed by atoms with Crippen LogP contribution in [-0.4, -0.2) is 22.4 Å². The Balaban J connectivity index is 2.30. The monoisotopic (exact) mass is 306 g/mol. The van der Waals surface area contributed by atoms with E-state index < -0.39 is 5.60 Å². The molecule has 0 aromatic heterocycles. The lowest BCUT2D eigenvalue weighted by Gasteiger charge is -2.61. The predicted octanol–water partition coefficient (Wildman–Crippen LogP) is 4.47. The minimum Gasteiger partial charge on any atom is -0.396 e. The van der Waals surface area contributed by atoms with Crippen molar-refractivity contribution in [2.24, 2.45) is 22.7 Å². The average Bonchev–Trinajstić information content (AvgIpc) is 2.45. The van der Waals surface area contributed by atoms with Crippen LogP contribution in [0.25, 0.3) is 0 Å². The summed E-state index contributed by atoms with van der Waals surface area (Å²) in [6.45, 7) is 14.7. The zero-order chi connectivity index (χ0) is 16.6. The number of hydrogen-bond donors (Lipinski definition) is 2. The molecule has 2 heteroatoms. The van der Waals surface area contributed by atoms with E-state index in [1.165, 1.54) is 0 Å². The van der Waals surface area contributed by atoms with E-state index in [0.717, 1.165) is 50.5 Å². The Bertz CT molecular complexity index is 439. The third-order valence-corrected chi connectivity index (χ3v) is 6.99. The standard InChI is InChI=1S/C20H34O2/c1-6-15(2)8-9-17-19(4)12-7-11-18(3,14-21)16(19)10-13-20(17,5)22/h6,16-17,21-22H,1-2,7-14H2,3-5H3. The lowest BCUT2D eigenvalue weighted by Crippen LogP contribution is -2.58.